The van der Waals surface area contributed by atoms with Crippen LogP contribution in [-0.4, -0.2) is 17.9 Å². The van der Waals surface area contributed by atoms with E-state index >= 15 is 0 Å². The monoisotopic (exact) mass is 811 g/mol. The van der Waals surface area contributed by atoms with Gasteiger partial charge in [-0.25, -0.2) is 9.98 Å². The van der Waals surface area contributed by atoms with Gasteiger partial charge in [-0.3, -0.25) is 5.41 Å². The third-order valence-corrected chi connectivity index (χ3v) is 12.7. The highest BCUT2D eigenvalue weighted by Crippen LogP contribution is 2.45. The first-order valence-electron chi connectivity index (χ1n) is 20.6. The predicted octanol–water partition coefficient (Wildman–Crippen LogP) is 15.5. The summed E-state index contributed by atoms with van der Waals surface area (Å²) < 4.78 is 9.04. The number of thiophene rings is 1. The van der Waals surface area contributed by atoms with E-state index in [0.717, 1.165) is 60.9 Å². The quantitative estimate of drug-likeness (QED) is 0.126. The molecule has 5 heteroatoms. The van der Waals surface area contributed by atoms with Crippen LogP contribution in [-0.2, 0) is 0 Å². The smallest absolute Gasteiger partial charge is 0.161 e. The molecule has 0 aliphatic rings. The Balaban J connectivity index is 1.02. The Kier molecular flexibility index (Phi) is 9.49. The SMILES string of the molecule is N=C(N=C(N=Cc1cccc2oc3ccc(-c4cccc5sc6c(-c7ccccc7)cccc6c45)cc3c12)c1cccc(-c2ccccc2)c1)c1cccc(-c2ccccc2)c1. The third-order valence-electron chi connectivity index (χ3n) is 11.5. The minimum Gasteiger partial charge on any atom is -0.456 e. The molecule has 0 atom stereocenters. The van der Waals surface area contributed by atoms with Crippen molar-refractivity contribution in [2.75, 3.05) is 0 Å². The van der Waals surface area contributed by atoms with Crippen molar-refractivity contribution in [2.45, 2.75) is 0 Å². The molecule has 2 heterocycles. The lowest BCUT2D eigenvalue weighted by atomic mass is 9.96. The minimum atomic E-state index is 0.127. The van der Waals surface area contributed by atoms with Crippen LogP contribution >= 0.6 is 11.3 Å². The molecule has 292 valence electrons. The number of furan rings is 1. The van der Waals surface area contributed by atoms with Gasteiger partial charge in [-0.05, 0) is 80.9 Å². The highest BCUT2D eigenvalue weighted by Gasteiger charge is 2.17. The maximum atomic E-state index is 9.26. The Hall–Kier alpha value is -7.99. The van der Waals surface area contributed by atoms with Crippen molar-refractivity contribution < 1.29 is 4.42 Å². The number of amidine groups is 2. The van der Waals surface area contributed by atoms with Gasteiger partial charge in [0.1, 0.15) is 11.2 Å². The number of fused-ring (bicyclic) bond motifs is 6. The summed E-state index contributed by atoms with van der Waals surface area (Å²) in [6, 6.07) is 73.2. The average molecular weight is 812 g/mol. The number of hydrogen-bond acceptors (Lipinski definition) is 3. The van der Waals surface area contributed by atoms with Crippen molar-refractivity contribution in [1.29, 1.82) is 5.41 Å². The van der Waals surface area contributed by atoms with Crippen LogP contribution in [0.3, 0.4) is 0 Å². The maximum Gasteiger partial charge on any atom is 0.161 e. The van der Waals surface area contributed by atoms with Gasteiger partial charge in [0, 0.05) is 53.8 Å². The molecule has 2 aromatic heterocycles. The molecule has 0 amide bonds. The molecule has 0 aliphatic heterocycles. The van der Waals surface area contributed by atoms with E-state index in [1.807, 2.05) is 96.4 Å². The zero-order valence-corrected chi connectivity index (χ0v) is 34.3. The molecule has 0 aliphatic carbocycles. The van der Waals surface area contributed by atoms with Crippen LogP contribution in [0.15, 0.2) is 227 Å². The average Bonchev–Trinajstić information content (AvgIpc) is 3.92. The van der Waals surface area contributed by atoms with Gasteiger partial charge in [-0.15, -0.1) is 11.3 Å². The summed E-state index contributed by atoms with van der Waals surface area (Å²) in [5.41, 5.74) is 13.0. The van der Waals surface area contributed by atoms with Crippen LogP contribution in [0.25, 0.3) is 86.6 Å². The van der Waals surface area contributed by atoms with Gasteiger partial charge in [-0.1, -0.05) is 176 Å². The van der Waals surface area contributed by atoms with Crippen molar-refractivity contribution in [3.05, 3.63) is 229 Å². The zero-order chi connectivity index (χ0) is 41.4. The van der Waals surface area contributed by atoms with Crippen molar-refractivity contribution in [1.82, 2.24) is 0 Å². The summed E-state index contributed by atoms with van der Waals surface area (Å²) in [4.78, 5) is 10.0. The van der Waals surface area contributed by atoms with E-state index < -0.39 is 0 Å². The predicted molar refractivity (Wildman–Crippen MR) is 262 cm³/mol. The number of nitrogens with zero attached hydrogens (tertiary/aromatic N) is 2. The molecule has 0 fully saturated rings. The van der Waals surface area contributed by atoms with E-state index in [4.69, 9.17) is 14.4 Å². The van der Waals surface area contributed by atoms with Gasteiger partial charge < -0.3 is 4.42 Å². The van der Waals surface area contributed by atoms with Crippen LogP contribution < -0.4 is 0 Å². The summed E-state index contributed by atoms with van der Waals surface area (Å²) in [6.07, 6.45) is 1.86. The highest BCUT2D eigenvalue weighted by atomic mass is 32.1. The normalized spacial score (nSPS) is 12.0. The van der Waals surface area contributed by atoms with Gasteiger partial charge in [-0.2, -0.15) is 0 Å². The molecule has 62 heavy (non-hydrogen) atoms. The fourth-order valence-corrected chi connectivity index (χ4v) is 9.74. The van der Waals surface area contributed by atoms with E-state index in [0.29, 0.717) is 11.4 Å². The molecule has 11 aromatic rings. The fourth-order valence-electron chi connectivity index (χ4n) is 8.48. The Morgan fingerprint density at radius 3 is 1.81 bits per heavy atom. The topological polar surface area (TPSA) is 61.7 Å². The van der Waals surface area contributed by atoms with E-state index in [2.05, 4.69) is 133 Å². The van der Waals surface area contributed by atoms with Gasteiger partial charge in [0.25, 0.3) is 0 Å². The van der Waals surface area contributed by atoms with Crippen molar-refractivity contribution in [2.24, 2.45) is 9.98 Å². The third kappa shape index (κ3) is 6.90. The van der Waals surface area contributed by atoms with Crippen LogP contribution in [0.4, 0.5) is 0 Å². The van der Waals surface area contributed by atoms with Gasteiger partial charge in [0.2, 0.25) is 0 Å². The van der Waals surface area contributed by atoms with Gasteiger partial charge >= 0.3 is 0 Å². The van der Waals surface area contributed by atoms with Gasteiger partial charge in [0.05, 0.1) is 0 Å². The number of nitrogens with one attached hydrogen (secondary N) is 1. The summed E-state index contributed by atoms with van der Waals surface area (Å²) >= 11 is 1.85. The van der Waals surface area contributed by atoms with Gasteiger partial charge in [0.15, 0.2) is 11.7 Å². The van der Waals surface area contributed by atoms with Crippen molar-refractivity contribution >= 4 is 71.3 Å². The van der Waals surface area contributed by atoms with E-state index in [9.17, 15) is 5.41 Å². The summed E-state index contributed by atoms with van der Waals surface area (Å²) in [5, 5.41) is 13.8. The van der Waals surface area contributed by atoms with E-state index in [1.54, 1.807) is 0 Å². The van der Waals surface area contributed by atoms with Crippen LogP contribution in [0.5, 0.6) is 0 Å². The van der Waals surface area contributed by atoms with Crippen LogP contribution in [0, 0.1) is 5.41 Å². The zero-order valence-electron chi connectivity index (χ0n) is 33.5. The molecule has 0 saturated heterocycles. The molecule has 0 bridgehead atoms. The lowest BCUT2D eigenvalue weighted by molar-refractivity contribution is 0.669. The number of benzene rings is 9. The van der Waals surface area contributed by atoms with Crippen molar-refractivity contribution in [3.63, 3.8) is 0 Å². The molecule has 0 radical (unpaired) electrons. The Bertz CT molecular complexity index is 3530. The second-order valence-electron chi connectivity index (χ2n) is 15.3. The van der Waals surface area contributed by atoms with Crippen LogP contribution in [0.2, 0.25) is 0 Å². The lowest BCUT2D eigenvalue weighted by Gasteiger charge is -2.08. The minimum absolute atomic E-state index is 0.127. The molecular weight excluding hydrogens is 775 g/mol. The maximum absolute atomic E-state index is 9.26. The summed E-state index contributed by atoms with van der Waals surface area (Å²) in [7, 11) is 0. The number of hydrogen-bond donors (Lipinski definition) is 1. The molecule has 0 saturated carbocycles. The molecule has 4 nitrogen and oxygen atoms in total. The molecule has 9 aromatic carbocycles. The number of rotatable bonds is 7. The molecular formula is C57H37N3OS. The van der Waals surface area contributed by atoms with Crippen LogP contribution in [0.1, 0.15) is 16.7 Å². The second-order valence-corrected chi connectivity index (χ2v) is 16.4. The van der Waals surface area contributed by atoms with E-state index in [-0.39, 0.29) is 5.84 Å². The molecule has 1 N–H and O–H groups in total. The second kappa shape index (κ2) is 15.9. The Labute approximate surface area is 363 Å². The molecule has 0 spiro atoms. The Morgan fingerprint density at radius 2 is 1.06 bits per heavy atom. The Morgan fingerprint density at radius 1 is 0.452 bits per heavy atom. The number of aliphatic imine (C=N–C) groups is 2. The standard InChI is InChI=1S/C57H37N3OS/c58-56(43-23-10-21-40(33-43)37-15-4-1-5-16-37)60-57(44-24-11-22-41(34-44)38-17-6-2-7-18-38)59-36-45-25-12-29-51-53(45)49-35-42(31-32-50(49)61-51)46-26-14-30-52-54(46)48-28-13-27-47(55(48)62-52)39-19-8-3-9-20-39/h1-36,58H. The first kappa shape index (κ1) is 37.0. The summed E-state index contributed by atoms with van der Waals surface area (Å²) in [6.45, 7) is 0. The largest absolute Gasteiger partial charge is 0.456 e. The first-order chi connectivity index (χ1) is 30.6. The lowest BCUT2D eigenvalue weighted by Crippen LogP contribution is -2.05. The summed E-state index contributed by atoms with van der Waals surface area (Å²) in [5.74, 6) is 0.567. The highest BCUT2D eigenvalue weighted by molar-refractivity contribution is 7.26. The molecule has 11 rings (SSSR count). The van der Waals surface area contributed by atoms with Crippen molar-refractivity contribution in [3.8, 4) is 44.5 Å². The molecule has 0 unspecified atom stereocenters. The van der Waals surface area contributed by atoms with E-state index in [1.165, 1.54) is 36.9 Å². The first-order valence-corrected chi connectivity index (χ1v) is 21.4. The fraction of sp³-hybridized carbons (Fsp3) is 0.